The van der Waals surface area contributed by atoms with Gasteiger partial charge in [-0.25, -0.2) is 0 Å². The van der Waals surface area contributed by atoms with Crippen LogP contribution in [-0.4, -0.2) is 14.1 Å². The van der Waals surface area contributed by atoms with Crippen molar-refractivity contribution in [2.45, 2.75) is 25.9 Å². The van der Waals surface area contributed by atoms with Gasteiger partial charge in [-0.2, -0.15) is 0 Å². The van der Waals surface area contributed by atoms with Crippen LogP contribution in [0.4, 0.5) is 5.69 Å². The highest BCUT2D eigenvalue weighted by Crippen LogP contribution is 2.39. The van der Waals surface area contributed by atoms with Crippen LogP contribution in [0, 0.1) is 0 Å². The van der Waals surface area contributed by atoms with E-state index in [1.807, 2.05) is 0 Å². The number of anilines is 1. The van der Waals surface area contributed by atoms with Gasteiger partial charge < -0.3 is 10.2 Å². The van der Waals surface area contributed by atoms with Crippen molar-refractivity contribution < 1.29 is 0 Å². The van der Waals surface area contributed by atoms with Crippen LogP contribution < -0.4 is 10.2 Å². The van der Waals surface area contributed by atoms with Gasteiger partial charge in [0.2, 0.25) is 0 Å². The maximum atomic E-state index is 3.66. The van der Waals surface area contributed by atoms with Crippen LogP contribution >= 0.6 is 0 Å². The van der Waals surface area contributed by atoms with Crippen LogP contribution in [0.15, 0.2) is 66.8 Å². The van der Waals surface area contributed by atoms with Gasteiger partial charge >= 0.3 is 0 Å². The molecule has 1 N–H and O–H groups in total. The highest BCUT2D eigenvalue weighted by molar-refractivity contribution is 6.02. The largest absolute Gasteiger partial charge is 0.378 e. The normalized spacial score (nSPS) is 14.3. The van der Waals surface area contributed by atoms with E-state index in [2.05, 4.69) is 91.1 Å². The third-order valence-corrected chi connectivity index (χ3v) is 6.02. The van der Waals surface area contributed by atoms with Crippen LogP contribution in [0.2, 0.25) is 0 Å². The second kappa shape index (κ2) is 6.96. The van der Waals surface area contributed by atoms with Crippen molar-refractivity contribution in [2.24, 2.45) is 0 Å². The number of hydrogen-bond acceptors (Lipinski definition) is 2. The first-order valence-corrected chi connectivity index (χ1v) is 10.1. The smallest absolute Gasteiger partial charge is 0.0361 e. The van der Waals surface area contributed by atoms with Gasteiger partial charge in [0.25, 0.3) is 0 Å². The predicted molar refractivity (Wildman–Crippen MR) is 120 cm³/mol. The van der Waals surface area contributed by atoms with Gasteiger partial charge in [-0.15, -0.1) is 0 Å². The number of allylic oxidation sites excluding steroid dienone is 4. The average molecular weight is 367 g/mol. The van der Waals surface area contributed by atoms with Gasteiger partial charge in [0.15, 0.2) is 0 Å². The third-order valence-electron chi connectivity index (χ3n) is 6.02. The predicted octanol–water partition coefficient (Wildman–Crippen LogP) is 5.25. The van der Waals surface area contributed by atoms with Gasteiger partial charge in [0, 0.05) is 32.9 Å². The molecule has 0 spiro atoms. The summed E-state index contributed by atoms with van der Waals surface area (Å²) in [5.41, 5.74) is 9.84. The molecule has 140 valence electrons. The Balaban J connectivity index is 1.39. The van der Waals surface area contributed by atoms with Crippen LogP contribution in [0.25, 0.3) is 16.3 Å². The summed E-state index contributed by atoms with van der Waals surface area (Å²) in [6.07, 6.45) is 9.07. The fourth-order valence-corrected chi connectivity index (χ4v) is 4.51. The number of nitrogens with zero attached hydrogens (tertiary/aromatic N) is 1. The zero-order chi connectivity index (χ0) is 19.1. The zero-order valence-corrected chi connectivity index (χ0v) is 16.6. The molecular weight excluding hydrogens is 340 g/mol. The van der Waals surface area contributed by atoms with Crippen molar-refractivity contribution in [3.05, 3.63) is 94.6 Å². The van der Waals surface area contributed by atoms with E-state index < -0.39 is 0 Å². The van der Waals surface area contributed by atoms with Crippen molar-refractivity contribution >= 4 is 22.0 Å². The Morgan fingerprint density at radius 2 is 1.71 bits per heavy atom. The summed E-state index contributed by atoms with van der Waals surface area (Å²) in [6.45, 7) is 1.80. The molecule has 5 rings (SSSR count). The first-order valence-electron chi connectivity index (χ1n) is 10.1. The monoisotopic (exact) mass is 366 g/mol. The van der Waals surface area contributed by atoms with Crippen LogP contribution in [0.3, 0.4) is 0 Å². The molecule has 2 aliphatic rings. The molecule has 0 bridgehead atoms. The van der Waals surface area contributed by atoms with E-state index in [4.69, 9.17) is 0 Å². The zero-order valence-electron chi connectivity index (χ0n) is 16.6. The molecule has 0 aromatic heterocycles. The van der Waals surface area contributed by atoms with Gasteiger partial charge in [-0.3, -0.25) is 0 Å². The van der Waals surface area contributed by atoms with Crippen LogP contribution in [-0.2, 0) is 25.9 Å². The number of rotatable bonds is 5. The minimum absolute atomic E-state index is 0.891. The molecule has 0 atom stereocenters. The molecule has 0 fully saturated rings. The molecule has 0 saturated carbocycles. The van der Waals surface area contributed by atoms with Crippen LogP contribution in [0.5, 0.6) is 0 Å². The molecule has 0 unspecified atom stereocenters. The Hall–Kier alpha value is -2.84. The molecule has 2 heteroatoms. The molecule has 3 aromatic carbocycles. The van der Waals surface area contributed by atoms with Gasteiger partial charge in [-0.1, -0.05) is 54.6 Å². The summed E-state index contributed by atoms with van der Waals surface area (Å²) in [5.74, 6) is 0. The Kier molecular flexibility index (Phi) is 4.29. The molecule has 0 aliphatic heterocycles. The standard InChI is InChI=1S/C26H26N2/c1-28(2)23-13-6-18(7-14-23)16-27-17-22-11-10-21-9-8-19-4-3-5-20-12-15-24(22)26(21)25(19)20/h3,5-14,27H,4,15-17H2,1-2H3. The Morgan fingerprint density at radius 3 is 2.54 bits per heavy atom. The van der Waals surface area contributed by atoms with E-state index in [1.165, 1.54) is 49.9 Å². The maximum absolute atomic E-state index is 3.66. The fraction of sp³-hybridized carbons (Fsp3) is 0.231. The fourth-order valence-electron chi connectivity index (χ4n) is 4.51. The summed E-state index contributed by atoms with van der Waals surface area (Å²) in [7, 11) is 4.15. The number of benzene rings is 3. The highest BCUT2D eigenvalue weighted by Gasteiger charge is 2.20. The molecular formula is C26H26N2. The van der Waals surface area contributed by atoms with E-state index in [0.29, 0.717) is 0 Å². The number of hydrogen-bond donors (Lipinski definition) is 1. The molecule has 28 heavy (non-hydrogen) atoms. The van der Waals surface area contributed by atoms with E-state index in [9.17, 15) is 0 Å². The maximum Gasteiger partial charge on any atom is 0.0361 e. The Morgan fingerprint density at radius 1 is 0.893 bits per heavy atom. The second-order valence-electron chi connectivity index (χ2n) is 8.04. The first kappa shape index (κ1) is 17.3. The summed E-state index contributed by atoms with van der Waals surface area (Å²) in [5, 5.41) is 6.51. The molecule has 0 radical (unpaired) electrons. The van der Waals surface area contributed by atoms with Crippen molar-refractivity contribution in [1.29, 1.82) is 0 Å². The van der Waals surface area contributed by atoms with Crippen molar-refractivity contribution in [1.82, 2.24) is 5.32 Å². The summed E-state index contributed by atoms with van der Waals surface area (Å²) in [4.78, 5) is 2.13. The lowest BCUT2D eigenvalue weighted by atomic mass is 9.80. The second-order valence-corrected chi connectivity index (χ2v) is 8.04. The lowest BCUT2D eigenvalue weighted by Gasteiger charge is -2.25. The third kappa shape index (κ3) is 2.94. The average Bonchev–Trinajstić information content (AvgIpc) is 2.73. The van der Waals surface area contributed by atoms with Crippen LogP contribution in [0.1, 0.15) is 27.8 Å². The van der Waals surface area contributed by atoms with E-state index >= 15 is 0 Å². The van der Waals surface area contributed by atoms with Gasteiger partial charge in [0.1, 0.15) is 0 Å². The van der Waals surface area contributed by atoms with Gasteiger partial charge in [0.05, 0.1) is 0 Å². The highest BCUT2D eigenvalue weighted by atomic mass is 15.1. The minimum Gasteiger partial charge on any atom is -0.378 e. The quantitative estimate of drug-likeness (QED) is 0.664. The first-order chi connectivity index (χ1) is 13.7. The van der Waals surface area contributed by atoms with E-state index in [-0.39, 0.29) is 0 Å². The van der Waals surface area contributed by atoms with Gasteiger partial charge in [-0.05, 0) is 69.1 Å². The van der Waals surface area contributed by atoms with Crippen molar-refractivity contribution in [3.8, 4) is 0 Å². The molecule has 0 saturated heterocycles. The SMILES string of the molecule is CN(C)c1ccc(CNCc2ccc3ccc4c5c3c2CC=C5C=CC4)cc1. The molecule has 0 amide bonds. The Bertz CT molecular complexity index is 1100. The number of nitrogens with one attached hydrogen (secondary N) is 1. The van der Waals surface area contributed by atoms with Crippen molar-refractivity contribution in [2.75, 3.05) is 19.0 Å². The molecule has 2 aliphatic carbocycles. The molecule has 0 heterocycles. The van der Waals surface area contributed by atoms with Crippen molar-refractivity contribution in [3.63, 3.8) is 0 Å². The Labute approximate surface area is 167 Å². The molecule has 2 nitrogen and oxygen atoms in total. The van der Waals surface area contributed by atoms with E-state index in [0.717, 1.165) is 25.9 Å². The topological polar surface area (TPSA) is 15.3 Å². The summed E-state index contributed by atoms with van der Waals surface area (Å²) in [6, 6.07) is 18.0. The lowest BCUT2D eigenvalue weighted by Crippen LogP contribution is -2.15. The summed E-state index contributed by atoms with van der Waals surface area (Å²) >= 11 is 0. The molecule has 3 aromatic rings. The summed E-state index contributed by atoms with van der Waals surface area (Å²) < 4.78 is 0. The van der Waals surface area contributed by atoms with E-state index in [1.54, 1.807) is 0 Å². The lowest BCUT2D eigenvalue weighted by molar-refractivity contribution is 0.690. The minimum atomic E-state index is 0.891.